The van der Waals surface area contributed by atoms with Gasteiger partial charge in [-0.05, 0) is 30.9 Å². The molecule has 0 saturated heterocycles. The Kier molecular flexibility index (Phi) is 2.01. The van der Waals surface area contributed by atoms with Gasteiger partial charge in [-0.3, -0.25) is 4.98 Å². The Bertz CT molecular complexity index is 452. The summed E-state index contributed by atoms with van der Waals surface area (Å²) in [6.07, 6.45) is 3.55. The van der Waals surface area contributed by atoms with Gasteiger partial charge in [-0.15, -0.1) is 0 Å². The van der Waals surface area contributed by atoms with E-state index < -0.39 is 5.60 Å². The van der Waals surface area contributed by atoms with Crippen LogP contribution in [0, 0.1) is 0 Å². The van der Waals surface area contributed by atoms with Gasteiger partial charge in [0.15, 0.2) is 0 Å². The summed E-state index contributed by atoms with van der Waals surface area (Å²) >= 11 is 0. The number of nitrogens with zero attached hydrogens (tertiary/aromatic N) is 1. The van der Waals surface area contributed by atoms with Gasteiger partial charge >= 0.3 is 0 Å². The number of fused-ring (bicyclic) bond motifs is 1. The summed E-state index contributed by atoms with van der Waals surface area (Å²) in [5, 5.41) is 12.1. The largest absolute Gasteiger partial charge is 0.386 e. The fraction of sp³-hybridized carbons (Fsp3) is 0.250. The Hall–Kier alpha value is -1.41. The van der Waals surface area contributed by atoms with Crippen molar-refractivity contribution in [3.8, 4) is 0 Å². The molecule has 1 aromatic heterocycles. The zero-order chi connectivity index (χ0) is 10.2. The predicted octanol–water partition coefficient (Wildman–Crippen LogP) is 2.46. The summed E-state index contributed by atoms with van der Waals surface area (Å²) in [7, 11) is 0. The third-order valence-corrected chi connectivity index (χ3v) is 2.34. The van der Waals surface area contributed by atoms with E-state index >= 15 is 0 Å². The number of aliphatic hydroxyl groups is 1. The molecule has 1 aromatic carbocycles. The smallest absolute Gasteiger partial charge is 0.0847 e. The highest BCUT2D eigenvalue weighted by Gasteiger charge is 2.18. The summed E-state index contributed by atoms with van der Waals surface area (Å²) in [5.74, 6) is 0. The molecule has 0 radical (unpaired) electrons. The van der Waals surface area contributed by atoms with Gasteiger partial charge < -0.3 is 5.11 Å². The van der Waals surface area contributed by atoms with Crippen molar-refractivity contribution >= 4 is 10.8 Å². The van der Waals surface area contributed by atoms with Crippen LogP contribution >= 0.6 is 0 Å². The van der Waals surface area contributed by atoms with Gasteiger partial charge in [-0.1, -0.05) is 18.2 Å². The van der Waals surface area contributed by atoms with Crippen LogP contribution in [0.15, 0.2) is 36.7 Å². The molecule has 0 fully saturated rings. The van der Waals surface area contributed by atoms with E-state index in [4.69, 9.17) is 0 Å². The number of aromatic nitrogens is 1. The van der Waals surface area contributed by atoms with Crippen LogP contribution in [0.5, 0.6) is 0 Å². The highest BCUT2D eigenvalue weighted by atomic mass is 16.3. The Labute approximate surface area is 83.2 Å². The molecule has 1 N–H and O–H groups in total. The van der Waals surface area contributed by atoms with Crippen LogP contribution in [-0.4, -0.2) is 10.1 Å². The quantitative estimate of drug-likeness (QED) is 0.744. The molecule has 0 spiro atoms. The zero-order valence-electron chi connectivity index (χ0n) is 8.36. The maximum Gasteiger partial charge on any atom is 0.0847 e. The summed E-state index contributed by atoms with van der Waals surface area (Å²) in [4.78, 5) is 4.08. The molecule has 2 nitrogen and oxygen atoms in total. The van der Waals surface area contributed by atoms with Crippen molar-refractivity contribution in [1.29, 1.82) is 0 Å². The third kappa shape index (κ3) is 1.49. The number of benzene rings is 1. The first-order valence-corrected chi connectivity index (χ1v) is 4.64. The standard InChI is InChI=1S/C12H13NO/c1-12(2,14)11-5-3-4-9-6-7-13-8-10(9)11/h3-8,14H,1-2H3. The van der Waals surface area contributed by atoms with E-state index in [0.29, 0.717) is 0 Å². The van der Waals surface area contributed by atoms with Gasteiger partial charge in [-0.25, -0.2) is 0 Å². The Morgan fingerprint density at radius 1 is 1.21 bits per heavy atom. The number of pyridine rings is 1. The molecule has 0 aliphatic heterocycles. The zero-order valence-corrected chi connectivity index (χ0v) is 8.36. The fourth-order valence-electron chi connectivity index (χ4n) is 1.65. The third-order valence-electron chi connectivity index (χ3n) is 2.34. The molecule has 1 heterocycles. The van der Waals surface area contributed by atoms with Gasteiger partial charge in [0.1, 0.15) is 0 Å². The normalized spacial score (nSPS) is 11.9. The molecule has 14 heavy (non-hydrogen) atoms. The monoisotopic (exact) mass is 187 g/mol. The summed E-state index contributed by atoms with van der Waals surface area (Å²) in [6.45, 7) is 3.57. The lowest BCUT2D eigenvalue weighted by Gasteiger charge is -2.19. The van der Waals surface area contributed by atoms with Crippen molar-refractivity contribution in [2.24, 2.45) is 0 Å². The van der Waals surface area contributed by atoms with E-state index in [0.717, 1.165) is 16.3 Å². The fourth-order valence-corrected chi connectivity index (χ4v) is 1.65. The van der Waals surface area contributed by atoms with E-state index in [2.05, 4.69) is 4.98 Å². The van der Waals surface area contributed by atoms with E-state index in [-0.39, 0.29) is 0 Å². The molecule has 0 atom stereocenters. The molecular weight excluding hydrogens is 174 g/mol. The number of hydrogen-bond donors (Lipinski definition) is 1. The molecule has 72 valence electrons. The Morgan fingerprint density at radius 3 is 2.71 bits per heavy atom. The van der Waals surface area contributed by atoms with Crippen LogP contribution in [0.4, 0.5) is 0 Å². The number of hydrogen-bond acceptors (Lipinski definition) is 2. The summed E-state index contributed by atoms with van der Waals surface area (Å²) < 4.78 is 0. The van der Waals surface area contributed by atoms with Crippen LogP contribution in [0.3, 0.4) is 0 Å². The molecule has 0 aliphatic rings. The van der Waals surface area contributed by atoms with Gasteiger partial charge in [0, 0.05) is 17.8 Å². The van der Waals surface area contributed by atoms with E-state index in [1.165, 1.54) is 0 Å². The van der Waals surface area contributed by atoms with Gasteiger partial charge in [0.25, 0.3) is 0 Å². The van der Waals surface area contributed by atoms with Crippen molar-refractivity contribution < 1.29 is 5.11 Å². The highest BCUT2D eigenvalue weighted by Crippen LogP contribution is 2.27. The number of rotatable bonds is 1. The van der Waals surface area contributed by atoms with E-state index in [1.54, 1.807) is 26.2 Å². The van der Waals surface area contributed by atoms with Crippen molar-refractivity contribution in [1.82, 2.24) is 4.98 Å². The predicted molar refractivity (Wildman–Crippen MR) is 57.0 cm³/mol. The van der Waals surface area contributed by atoms with Gasteiger partial charge in [0.05, 0.1) is 5.60 Å². The summed E-state index contributed by atoms with van der Waals surface area (Å²) in [5.41, 5.74) is 0.103. The van der Waals surface area contributed by atoms with Crippen molar-refractivity contribution in [2.75, 3.05) is 0 Å². The molecule has 0 aliphatic carbocycles. The lowest BCUT2D eigenvalue weighted by molar-refractivity contribution is 0.0802. The van der Waals surface area contributed by atoms with E-state index in [1.807, 2.05) is 24.3 Å². The Morgan fingerprint density at radius 2 is 2.00 bits per heavy atom. The first-order chi connectivity index (χ1) is 6.59. The highest BCUT2D eigenvalue weighted by molar-refractivity contribution is 5.85. The van der Waals surface area contributed by atoms with Gasteiger partial charge in [-0.2, -0.15) is 0 Å². The van der Waals surface area contributed by atoms with Gasteiger partial charge in [0.2, 0.25) is 0 Å². The maximum absolute atomic E-state index is 9.96. The first-order valence-electron chi connectivity index (χ1n) is 4.64. The molecule has 0 saturated carbocycles. The summed E-state index contributed by atoms with van der Waals surface area (Å²) in [6, 6.07) is 7.86. The molecule has 2 rings (SSSR count). The lowest BCUT2D eigenvalue weighted by atomic mass is 9.94. The molecule has 0 unspecified atom stereocenters. The maximum atomic E-state index is 9.96. The van der Waals surface area contributed by atoms with Crippen molar-refractivity contribution in [2.45, 2.75) is 19.4 Å². The molecule has 2 heteroatoms. The van der Waals surface area contributed by atoms with Crippen LogP contribution in [-0.2, 0) is 5.60 Å². The van der Waals surface area contributed by atoms with Crippen LogP contribution < -0.4 is 0 Å². The minimum Gasteiger partial charge on any atom is -0.386 e. The van der Waals surface area contributed by atoms with Crippen molar-refractivity contribution in [3.05, 3.63) is 42.2 Å². The average molecular weight is 187 g/mol. The van der Waals surface area contributed by atoms with E-state index in [9.17, 15) is 5.11 Å². The second kappa shape index (κ2) is 3.07. The molecule has 0 bridgehead atoms. The topological polar surface area (TPSA) is 33.1 Å². The average Bonchev–Trinajstić information content (AvgIpc) is 2.15. The van der Waals surface area contributed by atoms with Crippen LogP contribution in [0.25, 0.3) is 10.8 Å². The second-order valence-corrected chi connectivity index (χ2v) is 3.96. The molecule has 2 aromatic rings. The molecule has 0 amide bonds. The van der Waals surface area contributed by atoms with Crippen LogP contribution in [0.1, 0.15) is 19.4 Å². The minimum absolute atomic E-state index is 0.817. The van der Waals surface area contributed by atoms with Crippen molar-refractivity contribution in [3.63, 3.8) is 0 Å². The lowest BCUT2D eigenvalue weighted by Crippen LogP contribution is -2.15. The first kappa shape index (κ1) is 9.16. The minimum atomic E-state index is -0.817. The molecular formula is C12H13NO. The SMILES string of the molecule is CC(C)(O)c1cccc2ccncc12. The Balaban J connectivity index is 2.78. The second-order valence-electron chi connectivity index (χ2n) is 3.96. The van der Waals surface area contributed by atoms with Crippen LogP contribution in [0.2, 0.25) is 0 Å².